The Morgan fingerprint density at radius 2 is 1.65 bits per heavy atom. The van der Waals surface area contributed by atoms with Crippen molar-refractivity contribution < 1.29 is 0 Å². The second kappa shape index (κ2) is 5.87. The van der Waals surface area contributed by atoms with Crippen LogP contribution >= 0.6 is 22.7 Å². The Kier molecular flexibility index (Phi) is 4.21. The third-order valence-corrected chi connectivity index (χ3v) is 3.74. The Morgan fingerprint density at radius 3 is 2.00 bits per heavy atom. The van der Waals surface area contributed by atoms with Crippen molar-refractivity contribution in [1.82, 2.24) is 20.4 Å². The summed E-state index contributed by atoms with van der Waals surface area (Å²) in [6.07, 6.45) is 1.14. The first-order valence-corrected chi connectivity index (χ1v) is 7.11. The molecule has 6 nitrogen and oxygen atoms in total. The molecule has 2 aromatic rings. The predicted molar refractivity (Wildman–Crippen MR) is 70.3 cm³/mol. The fourth-order valence-electron chi connectivity index (χ4n) is 1.29. The van der Waals surface area contributed by atoms with Crippen molar-refractivity contribution in [1.29, 1.82) is 0 Å². The van der Waals surface area contributed by atoms with Gasteiger partial charge in [0.05, 0.1) is 0 Å². The van der Waals surface area contributed by atoms with Crippen molar-refractivity contribution in [3.63, 3.8) is 0 Å². The summed E-state index contributed by atoms with van der Waals surface area (Å²) in [6.45, 7) is 4.33. The number of anilines is 2. The maximum Gasteiger partial charge on any atom is 0.207 e. The predicted octanol–water partition coefficient (Wildman–Crippen LogP) is 2.29. The third kappa shape index (κ3) is 3.34. The lowest BCUT2D eigenvalue weighted by Gasteiger charge is -2.24. The maximum absolute atomic E-state index is 3.99. The van der Waals surface area contributed by atoms with E-state index in [0.29, 0.717) is 5.92 Å². The zero-order valence-corrected chi connectivity index (χ0v) is 11.3. The average Bonchev–Trinajstić information content (AvgIpc) is 3.00. The Balaban J connectivity index is 2.03. The standard InChI is InChI=1S/C9H14N6S2/c1-3-6(2)7(12-8-14-10-4-16-8)13-9-15-11-5-17-9/h4-7H,3H2,1-2H3,(H,12,14)(H,13,15). The minimum absolute atomic E-state index is 0.0842. The maximum atomic E-state index is 3.99. The third-order valence-electron chi connectivity index (χ3n) is 2.49. The lowest BCUT2D eigenvalue weighted by atomic mass is 10.1. The first-order chi connectivity index (χ1) is 8.29. The molecule has 0 fully saturated rings. The number of aromatic nitrogens is 4. The van der Waals surface area contributed by atoms with Gasteiger partial charge in [-0.2, -0.15) is 0 Å². The highest BCUT2D eigenvalue weighted by molar-refractivity contribution is 7.13. The van der Waals surface area contributed by atoms with Crippen molar-refractivity contribution in [3.8, 4) is 0 Å². The molecule has 2 heterocycles. The lowest BCUT2D eigenvalue weighted by Crippen LogP contribution is -2.35. The summed E-state index contributed by atoms with van der Waals surface area (Å²) in [5, 5.41) is 23.9. The minimum atomic E-state index is 0.0842. The molecular formula is C9H14N6S2. The van der Waals surface area contributed by atoms with Crippen LogP contribution in [-0.4, -0.2) is 26.6 Å². The molecular weight excluding hydrogens is 256 g/mol. The van der Waals surface area contributed by atoms with Gasteiger partial charge in [0.2, 0.25) is 10.3 Å². The first kappa shape index (κ1) is 12.2. The molecule has 92 valence electrons. The van der Waals surface area contributed by atoms with Crippen molar-refractivity contribution in [2.24, 2.45) is 5.92 Å². The van der Waals surface area contributed by atoms with Crippen LogP contribution in [-0.2, 0) is 0 Å². The molecule has 0 aliphatic heterocycles. The molecule has 8 heteroatoms. The normalized spacial score (nSPS) is 12.6. The summed E-state index contributed by atoms with van der Waals surface area (Å²) in [5.74, 6) is 0.447. The second-order valence-electron chi connectivity index (χ2n) is 3.64. The van der Waals surface area contributed by atoms with Gasteiger partial charge < -0.3 is 10.6 Å². The number of nitrogens with one attached hydrogen (secondary N) is 2. The minimum Gasteiger partial charge on any atom is -0.340 e. The molecule has 2 N–H and O–H groups in total. The summed E-state index contributed by atoms with van der Waals surface area (Å²) in [6, 6.07) is 0. The smallest absolute Gasteiger partial charge is 0.207 e. The zero-order valence-electron chi connectivity index (χ0n) is 9.62. The van der Waals surface area contributed by atoms with Gasteiger partial charge in [-0.3, -0.25) is 0 Å². The van der Waals surface area contributed by atoms with Crippen LogP contribution in [0.1, 0.15) is 20.3 Å². The number of rotatable bonds is 6. The lowest BCUT2D eigenvalue weighted by molar-refractivity contribution is 0.502. The van der Waals surface area contributed by atoms with Gasteiger partial charge in [0, 0.05) is 0 Å². The molecule has 2 aromatic heterocycles. The summed E-state index contributed by atoms with van der Waals surface area (Å²) in [7, 11) is 0. The van der Waals surface area contributed by atoms with E-state index in [2.05, 4.69) is 44.9 Å². The van der Waals surface area contributed by atoms with Gasteiger partial charge in [-0.15, -0.1) is 20.4 Å². The van der Waals surface area contributed by atoms with E-state index in [0.717, 1.165) is 16.7 Å². The monoisotopic (exact) mass is 270 g/mol. The van der Waals surface area contributed by atoms with Crippen LogP contribution < -0.4 is 10.6 Å². The van der Waals surface area contributed by atoms with Crippen LogP contribution in [0.4, 0.5) is 10.3 Å². The Labute approximate surface area is 108 Å². The van der Waals surface area contributed by atoms with Crippen LogP contribution in [0.2, 0.25) is 0 Å². The van der Waals surface area contributed by atoms with Gasteiger partial charge in [0.25, 0.3) is 0 Å². The van der Waals surface area contributed by atoms with E-state index in [4.69, 9.17) is 0 Å². The zero-order chi connectivity index (χ0) is 12.1. The van der Waals surface area contributed by atoms with Gasteiger partial charge in [-0.25, -0.2) is 0 Å². The SMILES string of the molecule is CCC(C)C(Nc1nncs1)Nc1nncs1. The van der Waals surface area contributed by atoms with E-state index in [9.17, 15) is 0 Å². The topological polar surface area (TPSA) is 75.6 Å². The molecule has 1 unspecified atom stereocenters. The van der Waals surface area contributed by atoms with Crippen LogP contribution in [0.5, 0.6) is 0 Å². The summed E-state index contributed by atoms with van der Waals surface area (Å²) < 4.78 is 0. The van der Waals surface area contributed by atoms with Gasteiger partial charge in [-0.05, 0) is 12.3 Å². The molecule has 0 aliphatic carbocycles. The highest BCUT2D eigenvalue weighted by Gasteiger charge is 2.17. The van der Waals surface area contributed by atoms with Crippen LogP contribution in [0.3, 0.4) is 0 Å². The molecule has 17 heavy (non-hydrogen) atoms. The molecule has 0 spiro atoms. The van der Waals surface area contributed by atoms with Gasteiger partial charge >= 0.3 is 0 Å². The average molecular weight is 270 g/mol. The number of hydrogen-bond donors (Lipinski definition) is 2. The van der Waals surface area contributed by atoms with Crippen molar-refractivity contribution in [2.75, 3.05) is 10.6 Å². The molecule has 2 rings (SSSR count). The molecule has 0 saturated heterocycles. The molecule has 0 radical (unpaired) electrons. The summed E-state index contributed by atoms with van der Waals surface area (Å²) >= 11 is 2.97. The summed E-state index contributed by atoms with van der Waals surface area (Å²) in [5.41, 5.74) is 3.42. The first-order valence-electron chi connectivity index (χ1n) is 5.35. The highest BCUT2D eigenvalue weighted by atomic mass is 32.1. The Morgan fingerprint density at radius 1 is 1.12 bits per heavy atom. The summed E-state index contributed by atoms with van der Waals surface area (Å²) in [4.78, 5) is 0. The van der Waals surface area contributed by atoms with E-state index >= 15 is 0 Å². The van der Waals surface area contributed by atoms with Gasteiger partial charge in [0.15, 0.2) is 0 Å². The van der Waals surface area contributed by atoms with E-state index in [1.807, 2.05) is 0 Å². The molecule has 0 aromatic carbocycles. The molecule has 0 saturated carbocycles. The second-order valence-corrected chi connectivity index (χ2v) is 5.31. The fraction of sp³-hybridized carbons (Fsp3) is 0.556. The van der Waals surface area contributed by atoms with Gasteiger partial charge in [0.1, 0.15) is 17.2 Å². The largest absolute Gasteiger partial charge is 0.340 e. The van der Waals surface area contributed by atoms with E-state index in [1.165, 1.54) is 22.7 Å². The van der Waals surface area contributed by atoms with Crippen LogP contribution in [0, 0.1) is 5.92 Å². The highest BCUT2D eigenvalue weighted by Crippen LogP contribution is 2.19. The quantitative estimate of drug-likeness (QED) is 0.784. The van der Waals surface area contributed by atoms with Crippen molar-refractivity contribution in [2.45, 2.75) is 26.4 Å². The molecule has 0 aliphatic rings. The van der Waals surface area contributed by atoms with Gasteiger partial charge in [-0.1, -0.05) is 36.5 Å². The number of nitrogens with zero attached hydrogens (tertiary/aromatic N) is 4. The van der Waals surface area contributed by atoms with Crippen LogP contribution in [0.15, 0.2) is 11.0 Å². The number of hydrogen-bond acceptors (Lipinski definition) is 8. The van der Waals surface area contributed by atoms with E-state index in [-0.39, 0.29) is 6.17 Å². The van der Waals surface area contributed by atoms with E-state index < -0.39 is 0 Å². The van der Waals surface area contributed by atoms with Crippen molar-refractivity contribution >= 4 is 32.9 Å². The fourth-order valence-corrected chi connectivity index (χ4v) is 2.26. The van der Waals surface area contributed by atoms with Crippen molar-refractivity contribution in [3.05, 3.63) is 11.0 Å². The van der Waals surface area contributed by atoms with E-state index in [1.54, 1.807) is 11.0 Å². The molecule has 0 bridgehead atoms. The molecule has 1 atom stereocenters. The Hall–Kier alpha value is -1.28. The van der Waals surface area contributed by atoms with Crippen LogP contribution in [0.25, 0.3) is 0 Å². The Bertz CT molecular complexity index is 378. The molecule has 0 amide bonds.